The van der Waals surface area contributed by atoms with Crippen molar-refractivity contribution >= 4 is 33.8 Å². The molecule has 3 heterocycles. The molecule has 7 heteroatoms. The van der Waals surface area contributed by atoms with Crippen LogP contribution in [0.3, 0.4) is 0 Å². The molecule has 1 aliphatic carbocycles. The number of amides is 1. The summed E-state index contributed by atoms with van der Waals surface area (Å²) < 4.78 is 1.72. The van der Waals surface area contributed by atoms with Crippen LogP contribution in [0.15, 0.2) is 30.3 Å². The Morgan fingerprint density at radius 3 is 2.82 bits per heavy atom. The van der Waals surface area contributed by atoms with Crippen molar-refractivity contribution in [2.24, 2.45) is 5.92 Å². The number of fused-ring (bicyclic) bond motifs is 3. The van der Waals surface area contributed by atoms with Crippen LogP contribution < -0.4 is 10.6 Å². The molecule has 28 heavy (non-hydrogen) atoms. The largest absolute Gasteiger partial charge is 0.352 e. The number of para-hydroxylation sites is 1. The van der Waals surface area contributed by atoms with Crippen LogP contribution in [0.25, 0.3) is 5.69 Å². The Morgan fingerprint density at radius 1 is 1.25 bits per heavy atom. The van der Waals surface area contributed by atoms with Crippen LogP contribution >= 0.6 is 22.9 Å². The van der Waals surface area contributed by atoms with Crippen LogP contribution in [0.1, 0.15) is 51.6 Å². The van der Waals surface area contributed by atoms with Crippen LogP contribution in [0.4, 0.5) is 5.00 Å². The molecule has 2 unspecified atom stereocenters. The van der Waals surface area contributed by atoms with Gasteiger partial charge >= 0.3 is 0 Å². The molecule has 0 bridgehead atoms. The summed E-state index contributed by atoms with van der Waals surface area (Å²) in [6.45, 7) is 4.20. The van der Waals surface area contributed by atoms with E-state index >= 15 is 0 Å². The summed E-state index contributed by atoms with van der Waals surface area (Å²) in [5, 5.41) is 12.7. The Hall–Kier alpha value is -2.31. The number of benzene rings is 1. The number of nitrogens with zero attached hydrogens (tertiary/aromatic N) is 2. The number of carbonyl (C=O) groups is 1. The van der Waals surface area contributed by atoms with Gasteiger partial charge in [0.05, 0.1) is 22.5 Å². The number of nitrogens with one attached hydrogen (secondary N) is 2. The first kappa shape index (κ1) is 17.8. The molecule has 0 saturated heterocycles. The van der Waals surface area contributed by atoms with Crippen molar-refractivity contribution in [1.82, 2.24) is 15.1 Å². The monoisotopic (exact) mass is 412 g/mol. The van der Waals surface area contributed by atoms with E-state index in [1.54, 1.807) is 16.0 Å². The molecule has 3 aromatic rings. The first-order chi connectivity index (χ1) is 13.5. The highest BCUT2D eigenvalue weighted by atomic mass is 35.5. The SMILES string of the molecule is Cc1nn(-c2ccccc2)c(Cl)c1C1NC(=O)c2c(sc3c2CCC(C)C3)N1. The maximum absolute atomic E-state index is 13.0. The molecule has 0 saturated carbocycles. The van der Waals surface area contributed by atoms with Crippen LogP contribution in [0.2, 0.25) is 5.15 Å². The van der Waals surface area contributed by atoms with Gasteiger partial charge in [0.25, 0.3) is 5.91 Å². The van der Waals surface area contributed by atoms with Crippen LogP contribution in [-0.4, -0.2) is 15.7 Å². The zero-order chi connectivity index (χ0) is 19.4. The van der Waals surface area contributed by atoms with Gasteiger partial charge in [-0.25, -0.2) is 4.68 Å². The number of thiophene rings is 1. The van der Waals surface area contributed by atoms with Crippen molar-refractivity contribution in [3.8, 4) is 5.69 Å². The zero-order valence-electron chi connectivity index (χ0n) is 15.8. The average Bonchev–Trinajstić information content (AvgIpc) is 3.18. The molecule has 2 aliphatic rings. The molecule has 2 atom stereocenters. The maximum Gasteiger partial charge on any atom is 0.256 e. The van der Waals surface area contributed by atoms with Crippen molar-refractivity contribution in [2.45, 2.75) is 39.3 Å². The van der Waals surface area contributed by atoms with Gasteiger partial charge in [-0.3, -0.25) is 4.79 Å². The van der Waals surface area contributed by atoms with Crippen LogP contribution in [0, 0.1) is 12.8 Å². The van der Waals surface area contributed by atoms with E-state index < -0.39 is 0 Å². The molecule has 2 N–H and O–H groups in total. The topological polar surface area (TPSA) is 59.0 Å². The minimum atomic E-state index is -0.387. The highest BCUT2D eigenvalue weighted by molar-refractivity contribution is 7.16. The fourth-order valence-corrected chi connectivity index (χ4v) is 6.00. The first-order valence-corrected chi connectivity index (χ1v) is 10.7. The summed E-state index contributed by atoms with van der Waals surface area (Å²) in [7, 11) is 0. The van der Waals surface area contributed by atoms with E-state index in [4.69, 9.17) is 11.6 Å². The van der Waals surface area contributed by atoms with Crippen molar-refractivity contribution in [2.75, 3.05) is 5.32 Å². The van der Waals surface area contributed by atoms with E-state index in [2.05, 4.69) is 22.7 Å². The summed E-state index contributed by atoms with van der Waals surface area (Å²) in [6, 6.07) is 9.78. The number of carbonyl (C=O) groups excluding carboxylic acids is 1. The summed E-state index contributed by atoms with van der Waals surface area (Å²) in [5.74, 6) is 0.654. The second-order valence-electron chi connectivity index (χ2n) is 7.64. The van der Waals surface area contributed by atoms with E-state index in [0.29, 0.717) is 11.1 Å². The second kappa shape index (κ2) is 6.64. The number of rotatable bonds is 2. The molecule has 5 rings (SSSR count). The van der Waals surface area contributed by atoms with Gasteiger partial charge in [0.2, 0.25) is 0 Å². The Bertz CT molecular complexity index is 1070. The van der Waals surface area contributed by atoms with E-state index in [1.807, 2.05) is 37.3 Å². The van der Waals surface area contributed by atoms with Gasteiger partial charge < -0.3 is 10.6 Å². The first-order valence-electron chi connectivity index (χ1n) is 9.55. The van der Waals surface area contributed by atoms with Crippen molar-refractivity contribution in [1.29, 1.82) is 0 Å². The van der Waals surface area contributed by atoms with E-state index in [0.717, 1.165) is 46.8 Å². The van der Waals surface area contributed by atoms with Crippen molar-refractivity contribution in [3.05, 3.63) is 62.7 Å². The lowest BCUT2D eigenvalue weighted by molar-refractivity contribution is 0.0935. The Balaban J connectivity index is 1.53. The smallest absolute Gasteiger partial charge is 0.256 e. The molecule has 0 fully saturated rings. The fraction of sp³-hybridized carbons (Fsp3) is 0.333. The molecule has 1 aliphatic heterocycles. The number of halogens is 1. The van der Waals surface area contributed by atoms with Gasteiger partial charge in [-0.15, -0.1) is 11.3 Å². The minimum absolute atomic E-state index is 0.0197. The van der Waals surface area contributed by atoms with Gasteiger partial charge in [-0.1, -0.05) is 36.7 Å². The molecule has 5 nitrogen and oxygen atoms in total. The zero-order valence-corrected chi connectivity index (χ0v) is 17.3. The minimum Gasteiger partial charge on any atom is -0.352 e. The van der Waals surface area contributed by atoms with E-state index in [9.17, 15) is 4.79 Å². The Labute approximate surface area is 172 Å². The van der Waals surface area contributed by atoms with E-state index in [-0.39, 0.29) is 12.1 Å². The lowest BCUT2D eigenvalue weighted by atomic mass is 9.88. The Kier molecular flexibility index (Phi) is 4.21. The highest BCUT2D eigenvalue weighted by Crippen LogP contribution is 2.43. The summed E-state index contributed by atoms with van der Waals surface area (Å²) >= 11 is 8.42. The molecule has 0 radical (unpaired) electrons. The number of anilines is 1. The number of aryl methyl sites for hydroxylation is 1. The number of hydrogen-bond acceptors (Lipinski definition) is 4. The van der Waals surface area contributed by atoms with Crippen molar-refractivity contribution < 1.29 is 4.79 Å². The second-order valence-corrected chi connectivity index (χ2v) is 9.11. The predicted molar refractivity (Wildman–Crippen MR) is 113 cm³/mol. The lowest BCUT2D eigenvalue weighted by Crippen LogP contribution is -2.38. The quantitative estimate of drug-likeness (QED) is 0.631. The standard InChI is InChI=1S/C21H21ClN4OS/c1-11-8-9-14-15(10-11)28-21-17(14)20(27)23-19(24-21)16-12(2)25-26(18(16)22)13-6-4-3-5-7-13/h3-7,11,19,24H,8-10H2,1-2H3,(H,23,27). The molecule has 1 aromatic carbocycles. The van der Waals surface area contributed by atoms with Gasteiger partial charge in [0, 0.05) is 4.88 Å². The summed E-state index contributed by atoms with van der Waals surface area (Å²) in [4.78, 5) is 14.3. The molecular weight excluding hydrogens is 392 g/mol. The Morgan fingerprint density at radius 2 is 2.04 bits per heavy atom. The third kappa shape index (κ3) is 2.74. The molecule has 0 spiro atoms. The third-order valence-electron chi connectivity index (χ3n) is 5.63. The normalized spacial score (nSPS) is 20.9. The average molecular weight is 413 g/mol. The van der Waals surface area contributed by atoms with Gasteiger partial charge in [0.15, 0.2) is 0 Å². The van der Waals surface area contributed by atoms with Gasteiger partial charge in [-0.05, 0) is 49.8 Å². The van der Waals surface area contributed by atoms with Crippen molar-refractivity contribution in [3.63, 3.8) is 0 Å². The third-order valence-corrected chi connectivity index (χ3v) is 7.18. The summed E-state index contributed by atoms with van der Waals surface area (Å²) in [6.07, 6.45) is 2.79. The predicted octanol–water partition coefficient (Wildman–Crippen LogP) is 4.87. The molecule has 1 amide bonds. The van der Waals surface area contributed by atoms with Crippen LogP contribution in [-0.2, 0) is 12.8 Å². The lowest BCUT2D eigenvalue weighted by Gasteiger charge is -2.27. The van der Waals surface area contributed by atoms with Gasteiger partial charge in [0.1, 0.15) is 16.3 Å². The van der Waals surface area contributed by atoms with Crippen LogP contribution in [0.5, 0.6) is 0 Å². The summed E-state index contributed by atoms with van der Waals surface area (Å²) in [5.41, 5.74) is 4.55. The van der Waals surface area contributed by atoms with E-state index in [1.165, 1.54) is 10.4 Å². The fourth-order valence-electron chi connectivity index (χ4n) is 4.19. The number of hydrogen-bond donors (Lipinski definition) is 2. The highest BCUT2D eigenvalue weighted by Gasteiger charge is 2.35. The number of aromatic nitrogens is 2. The molecule has 144 valence electrons. The molecule has 2 aromatic heterocycles. The molecular formula is C21H21ClN4OS. The van der Waals surface area contributed by atoms with Gasteiger partial charge in [-0.2, -0.15) is 5.10 Å². The maximum atomic E-state index is 13.0.